The molecule has 3 N–H and O–H groups in total. The first-order chi connectivity index (χ1) is 32.5. The molecule has 0 aliphatic heterocycles. The van der Waals surface area contributed by atoms with Crippen LogP contribution >= 0.6 is 0 Å². The number of rotatable bonds is 56. The molecule has 0 heterocycles. The van der Waals surface area contributed by atoms with Crippen molar-refractivity contribution in [1.82, 2.24) is 5.32 Å². The average molecular weight is 933 g/mol. The summed E-state index contributed by atoms with van der Waals surface area (Å²) in [7, 11) is 0. The molecule has 6 nitrogen and oxygen atoms in total. The van der Waals surface area contributed by atoms with Gasteiger partial charge in [0.25, 0.3) is 0 Å². The molecule has 0 aliphatic carbocycles. The fourth-order valence-electron chi connectivity index (χ4n) is 9.46. The lowest BCUT2D eigenvalue weighted by Gasteiger charge is -2.22. The van der Waals surface area contributed by atoms with Crippen LogP contribution in [0.15, 0.2) is 12.2 Å². The summed E-state index contributed by atoms with van der Waals surface area (Å²) in [4.78, 5) is 24.5. The van der Waals surface area contributed by atoms with Crippen molar-refractivity contribution < 1.29 is 24.5 Å². The molecule has 0 saturated carbocycles. The van der Waals surface area contributed by atoms with E-state index in [1.54, 1.807) is 0 Å². The van der Waals surface area contributed by atoms with Crippen LogP contribution in [-0.2, 0) is 14.3 Å². The molecule has 0 spiro atoms. The first-order valence-electron chi connectivity index (χ1n) is 29.9. The Morgan fingerprint density at radius 2 is 0.712 bits per heavy atom. The number of hydrogen-bond donors (Lipinski definition) is 3. The zero-order valence-corrected chi connectivity index (χ0v) is 44.7. The number of nitrogens with one attached hydrogen (secondary N) is 1. The van der Waals surface area contributed by atoms with Crippen molar-refractivity contribution in [1.29, 1.82) is 0 Å². The zero-order valence-electron chi connectivity index (χ0n) is 44.7. The van der Waals surface area contributed by atoms with E-state index < -0.39 is 12.1 Å². The van der Waals surface area contributed by atoms with Gasteiger partial charge in [-0.05, 0) is 51.4 Å². The van der Waals surface area contributed by atoms with Gasteiger partial charge in [-0.15, -0.1) is 0 Å². The molecule has 0 aliphatic rings. The Hall–Kier alpha value is -1.40. The van der Waals surface area contributed by atoms with Crippen LogP contribution in [0.5, 0.6) is 0 Å². The zero-order chi connectivity index (χ0) is 47.9. The third kappa shape index (κ3) is 52.0. The van der Waals surface area contributed by atoms with E-state index in [4.69, 9.17) is 4.74 Å². The molecule has 0 bridgehead atoms. The summed E-state index contributed by atoms with van der Waals surface area (Å²) in [6.07, 6.45) is 66.4. The van der Waals surface area contributed by atoms with Crippen molar-refractivity contribution in [2.75, 3.05) is 13.2 Å². The summed E-state index contributed by atoms with van der Waals surface area (Å²) in [5, 5.41) is 23.3. The van der Waals surface area contributed by atoms with Gasteiger partial charge in [-0.3, -0.25) is 9.59 Å². The molecule has 0 aromatic heterocycles. The second kappa shape index (κ2) is 56.2. The number of aliphatic hydroxyl groups is 2. The molecule has 6 heteroatoms. The number of hydrogen-bond acceptors (Lipinski definition) is 5. The van der Waals surface area contributed by atoms with Gasteiger partial charge in [0.15, 0.2) is 0 Å². The monoisotopic (exact) mass is 932 g/mol. The molecule has 0 radical (unpaired) electrons. The molecular formula is C60H117NO5. The quantitative estimate of drug-likeness (QED) is 0.0321. The predicted octanol–water partition coefficient (Wildman–Crippen LogP) is 18.5. The van der Waals surface area contributed by atoms with E-state index in [0.717, 1.165) is 44.9 Å². The topological polar surface area (TPSA) is 95.9 Å². The van der Waals surface area contributed by atoms with E-state index in [9.17, 15) is 19.8 Å². The van der Waals surface area contributed by atoms with E-state index >= 15 is 0 Å². The highest BCUT2D eigenvalue weighted by Gasteiger charge is 2.20. The maximum absolute atomic E-state index is 12.5. The third-order valence-corrected chi connectivity index (χ3v) is 14.1. The number of unbranched alkanes of at least 4 members (excludes halogenated alkanes) is 43. The Morgan fingerprint density at radius 1 is 0.409 bits per heavy atom. The smallest absolute Gasteiger partial charge is 0.305 e. The lowest BCUT2D eigenvalue weighted by Crippen LogP contribution is -2.45. The first-order valence-corrected chi connectivity index (χ1v) is 29.9. The van der Waals surface area contributed by atoms with Gasteiger partial charge in [-0.1, -0.05) is 283 Å². The van der Waals surface area contributed by atoms with Crippen LogP contribution in [0.3, 0.4) is 0 Å². The number of allylic oxidation sites excluding steroid dienone is 2. The molecule has 0 aromatic carbocycles. The van der Waals surface area contributed by atoms with E-state index in [-0.39, 0.29) is 18.5 Å². The molecule has 0 saturated heterocycles. The Kier molecular flexibility index (Phi) is 55.0. The summed E-state index contributed by atoms with van der Waals surface area (Å²) in [5.74, 6) is -0.0330. The largest absolute Gasteiger partial charge is 0.466 e. The number of carbonyl (C=O) groups excluding carboxylic acids is 2. The summed E-state index contributed by atoms with van der Waals surface area (Å²) in [6.45, 7) is 4.94. The predicted molar refractivity (Wildman–Crippen MR) is 287 cm³/mol. The molecule has 392 valence electrons. The molecule has 1 amide bonds. The standard InChI is InChI=1S/C60H117NO5/c1-3-5-7-9-11-13-15-17-18-23-26-29-32-36-40-44-48-52-58(63)57(56-62)61-59(64)53-49-45-41-37-33-30-27-24-21-19-20-22-25-28-31-35-39-43-47-51-55-66-60(65)54-50-46-42-38-34-16-14-12-10-8-6-4-2/h12,14,57-58,62-63H,3-11,13,15-56H2,1-2H3,(H,61,64)/b14-12-. The Morgan fingerprint density at radius 3 is 1.11 bits per heavy atom. The van der Waals surface area contributed by atoms with E-state index in [0.29, 0.717) is 25.9 Å². The van der Waals surface area contributed by atoms with Gasteiger partial charge in [0.1, 0.15) is 0 Å². The highest BCUT2D eigenvalue weighted by Crippen LogP contribution is 2.18. The van der Waals surface area contributed by atoms with Gasteiger partial charge in [0.2, 0.25) is 5.91 Å². The molecular weight excluding hydrogens is 815 g/mol. The van der Waals surface area contributed by atoms with Gasteiger partial charge in [0.05, 0.1) is 25.4 Å². The van der Waals surface area contributed by atoms with Crippen molar-refractivity contribution in [3.63, 3.8) is 0 Å². The fraction of sp³-hybridized carbons (Fsp3) is 0.933. The van der Waals surface area contributed by atoms with Crippen molar-refractivity contribution in [3.05, 3.63) is 12.2 Å². The van der Waals surface area contributed by atoms with Crippen LogP contribution in [0.1, 0.15) is 335 Å². The number of esters is 1. The van der Waals surface area contributed by atoms with Gasteiger partial charge in [-0.25, -0.2) is 0 Å². The van der Waals surface area contributed by atoms with Crippen LogP contribution in [0.2, 0.25) is 0 Å². The van der Waals surface area contributed by atoms with E-state index in [1.807, 2.05) is 0 Å². The highest BCUT2D eigenvalue weighted by molar-refractivity contribution is 5.76. The highest BCUT2D eigenvalue weighted by atomic mass is 16.5. The molecule has 2 atom stereocenters. The minimum absolute atomic E-state index is 0.00115. The number of amides is 1. The summed E-state index contributed by atoms with van der Waals surface area (Å²) in [5.41, 5.74) is 0. The van der Waals surface area contributed by atoms with Crippen molar-refractivity contribution in [2.24, 2.45) is 0 Å². The fourth-order valence-corrected chi connectivity index (χ4v) is 9.46. The maximum Gasteiger partial charge on any atom is 0.305 e. The van der Waals surface area contributed by atoms with Crippen molar-refractivity contribution in [3.8, 4) is 0 Å². The van der Waals surface area contributed by atoms with Crippen LogP contribution < -0.4 is 5.32 Å². The lowest BCUT2D eigenvalue weighted by atomic mass is 10.0. The Balaban J connectivity index is 3.39. The van der Waals surface area contributed by atoms with E-state index in [1.165, 1.54) is 257 Å². The van der Waals surface area contributed by atoms with Crippen LogP contribution in [0.4, 0.5) is 0 Å². The molecule has 0 rings (SSSR count). The summed E-state index contributed by atoms with van der Waals surface area (Å²) >= 11 is 0. The Bertz CT molecular complexity index is 986. The number of aliphatic hydroxyl groups excluding tert-OH is 2. The molecule has 0 fully saturated rings. The molecule has 0 aromatic rings. The maximum atomic E-state index is 12.5. The third-order valence-electron chi connectivity index (χ3n) is 14.1. The first kappa shape index (κ1) is 64.6. The number of carbonyl (C=O) groups is 2. The minimum atomic E-state index is -0.665. The van der Waals surface area contributed by atoms with Gasteiger partial charge in [-0.2, -0.15) is 0 Å². The molecule has 2 unspecified atom stereocenters. The molecule has 66 heavy (non-hydrogen) atoms. The second-order valence-corrected chi connectivity index (χ2v) is 20.7. The van der Waals surface area contributed by atoms with Crippen molar-refractivity contribution >= 4 is 11.9 Å². The van der Waals surface area contributed by atoms with Crippen molar-refractivity contribution in [2.45, 2.75) is 347 Å². The summed E-state index contributed by atoms with van der Waals surface area (Å²) in [6, 6.07) is -0.542. The second-order valence-electron chi connectivity index (χ2n) is 20.7. The average Bonchev–Trinajstić information content (AvgIpc) is 3.32. The summed E-state index contributed by atoms with van der Waals surface area (Å²) < 4.78 is 5.46. The van der Waals surface area contributed by atoms with Gasteiger partial charge in [0, 0.05) is 12.8 Å². The van der Waals surface area contributed by atoms with Gasteiger partial charge < -0.3 is 20.3 Å². The lowest BCUT2D eigenvalue weighted by molar-refractivity contribution is -0.143. The van der Waals surface area contributed by atoms with Crippen LogP contribution in [0.25, 0.3) is 0 Å². The van der Waals surface area contributed by atoms with Crippen LogP contribution in [0, 0.1) is 0 Å². The number of ether oxygens (including phenoxy) is 1. The van der Waals surface area contributed by atoms with Gasteiger partial charge >= 0.3 is 5.97 Å². The minimum Gasteiger partial charge on any atom is -0.466 e. The van der Waals surface area contributed by atoms with Crippen LogP contribution in [-0.4, -0.2) is 47.4 Å². The normalized spacial score (nSPS) is 12.6. The van der Waals surface area contributed by atoms with E-state index in [2.05, 4.69) is 31.3 Å². The SMILES string of the molecule is CCCCC/C=C\CCCCCCCC(=O)OCCCCCCCCCCCCCCCCCCCCCCC(=O)NC(CO)C(O)CCCCCCCCCCCCCCCCCCC. The Labute approximate surface area is 412 Å².